The molecule has 2 aromatic carbocycles. The fourth-order valence-electron chi connectivity index (χ4n) is 6.29. The minimum atomic E-state index is -0.999. The first-order valence-electron chi connectivity index (χ1n) is 14.0. The summed E-state index contributed by atoms with van der Waals surface area (Å²) in [6.07, 6.45) is 4.71. The van der Waals surface area contributed by atoms with Crippen LogP contribution < -0.4 is 4.90 Å². The van der Waals surface area contributed by atoms with Crippen molar-refractivity contribution in [3.05, 3.63) is 65.3 Å². The summed E-state index contributed by atoms with van der Waals surface area (Å²) in [6, 6.07) is 9.21. The third-order valence-corrected chi connectivity index (χ3v) is 8.44. The van der Waals surface area contributed by atoms with Gasteiger partial charge in [-0.3, -0.25) is 9.59 Å². The van der Waals surface area contributed by atoms with Crippen LogP contribution >= 0.6 is 0 Å². The lowest BCUT2D eigenvalue weighted by Crippen LogP contribution is -2.35. The molecular formula is C31H32F2N4O3. The maximum Gasteiger partial charge on any atom is 0.227 e. The Morgan fingerprint density at radius 2 is 1.90 bits per heavy atom. The Bertz CT molecular complexity index is 1600. The van der Waals surface area contributed by atoms with Crippen molar-refractivity contribution >= 4 is 28.4 Å². The van der Waals surface area contributed by atoms with Crippen LogP contribution in [0.15, 0.2) is 40.9 Å². The molecule has 0 bridgehead atoms. The van der Waals surface area contributed by atoms with Gasteiger partial charge in [-0.05, 0) is 69.4 Å². The molecule has 0 radical (unpaired) electrons. The zero-order valence-electron chi connectivity index (χ0n) is 22.9. The highest BCUT2D eigenvalue weighted by Gasteiger charge is 2.41. The number of imidazole rings is 1. The van der Waals surface area contributed by atoms with E-state index in [4.69, 9.17) is 9.51 Å². The van der Waals surface area contributed by atoms with Gasteiger partial charge in [-0.15, -0.1) is 0 Å². The van der Waals surface area contributed by atoms with Gasteiger partial charge in [0.15, 0.2) is 11.6 Å². The number of ketones is 1. The fourth-order valence-corrected chi connectivity index (χ4v) is 6.29. The van der Waals surface area contributed by atoms with Gasteiger partial charge >= 0.3 is 0 Å². The molecule has 1 amide bonds. The summed E-state index contributed by atoms with van der Waals surface area (Å²) in [5, 5.41) is 4.09. The number of anilines is 1. The Balaban J connectivity index is 1.43. The first-order chi connectivity index (χ1) is 19.3. The summed E-state index contributed by atoms with van der Waals surface area (Å²) in [4.78, 5) is 32.4. The van der Waals surface area contributed by atoms with E-state index >= 15 is 0 Å². The molecule has 1 atom stereocenters. The van der Waals surface area contributed by atoms with Crippen LogP contribution in [0.1, 0.15) is 81.2 Å². The maximum atomic E-state index is 14.2. The molecule has 1 aliphatic carbocycles. The second-order valence-corrected chi connectivity index (χ2v) is 11.1. The van der Waals surface area contributed by atoms with Crippen LogP contribution in [0.4, 0.5) is 14.5 Å². The highest BCUT2D eigenvalue weighted by atomic mass is 19.2. The van der Waals surface area contributed by atoms with Crippen LogP contribution in [0.5, 0.6) is 0 Å². The number of carbonyl (C=O) groups excluding carboxylic acids is 2. The molecule has 2 fully saturated rings. The quantitative estimate of drug-likeness (QED) is 0.234. The molecule has 3 heterocycles. The first-order valence-corrected chi connectivity index (χ1v) is 14.0. The number of Topliss-reactive ketones (excluding diaryl/α,β-unsaturated/α-hetero) is 1. The summed E-state index contributed by atoms with van der Waals surface area (Å²) in [5.41, 5.74) is 4.62. The van der Waals surface area contributed by atoms with Gasteiger partial charge < -0.3 is 14.0 Å². The predicted octanol–water partition coefficient (Wildman–Crippen LogP) is 7.16. The van der Waals surface area contributed by atoms with Gasteiger partial charge in [-0.1, -0.05) is 24.6 Å². The van der Waals surface area contributed by atoms with Gasteiger partial charge in [0.05, 0.1) is 22.8 Å². The lowest BCUT2D eigenvalue weighted by atomic mass is 9.76. The topological polar surface area (TPSA) is 81.2 Å². The monoisotopic (exact) mass is 546 g/mol. The number of nitrogens with zero attached hydrogens (tertiary/aromatic N) is 4. The number of amides is 1. The normalized spacial score (nSPS) is 20.9. The first kappa shape index (κ1) is 26.3. The third-order valence-electron chi connectivity index (χ3n) is 8.44. The number of carbonyl (C=O) groups is 2. The molecule has 7 nitrogen and oxygen atoms in total. The number of benzene rings is 2. The Hall–Kier alpha value is -3.88. The van der Waals surface area contributed by atoms with E-state index in [1.807, 2.05) is 32.0 Å². The lowest BCUT2D eigenvalue weighted by Gasteiger charge is -2.38. The van der Waals surface area contributed by atoms with E-state index in [2.05, 4.69) is 16.6 Å². The van der Waals surface area contributed by atoms with E-state index in [-0.39, 0.29) is 24.3 Å². The van der Waals surface area contributed by atoms with E-state index in [1.54, 1.807) is 0 Å². The molecule has 9 heteroatoms. The number of aryl methyl sites for hydroxylation is 2. The van der Waals surface area contributed by atoms with Crippen LogP contribution in [0, 0.1) is 31.4 Å². The second-order valence-electron chi connectivity index (χ2n) is 11.1. The molecule has 6 rings (SSSR count). The van der Waals surface area contributed by atoms with Crippen molar-refractivity contribution in [3.63, 3.8) is 0 Å². The van der Waals surface area contributed by atoms with Crippen LogP contribution in [0.3, 0.4) is 0 Å². The van der Waals surface area contributed by atoms with Crippen LogP contribution in [-0.2, 0) is 9.59 Å². The lowest BCUT2D eigenvalue weighted by molar-refractivity contribution is -0.126. The Morgan fingerprint density at radius 3 is 2.60 bits per heavy atom. The molecule has 0 spiro atoms. The molecule has 208 valence electrons. The maximum absolute atomic E-state index is 14.2. The Kier molecular flexibility index (Phi) is 6.76. The standard InChI is InChI=1S/C31H32F2N4O3/c1-4-5-6-28(38)20-13-22(14-20)37-26-10-7-19(30-17(2)35-40-18(30)3)15-25(26)34-31(37)27-11-12-29(39)36(27)21-8-9-23(32)24(33)16-21/h7-10,15-16,20,22,27H,4-6,11-14H2,1-3H3/t20?,22?,27-/m0/s1. The highest BCUT2D eigenvalue weighted by Crippen LogP contribution is 2.46. The van der Waals surface area contributed by atoms with Crippen molar-refractivity contribution in [2.45, 2.75) is 77.8 Å². The zero-order chi connectivity index (χ0) is 28.1. The fraction of sp³-hybridized carbons (Fsp3) is 0.419. The van der Waals surface area contributed by atoms with Gasteiger partial charge in [0.25, 0.3) is 0 Å². The smallest absolute Gasteiger partial charge is 0.227 e. The predicted molar refractivity (Wildman–Crippen MR) is 147 cm³/mol. The summed E-state index contributed by atoms with van der Waals surface area (Å²) >= 11 is 0. The average Bonchev–Trinajstić information content (AvgIpc) is 3.57. The van der Waals surface area contributed by atoms with Crippen molar-refractivity contribution in [2.75, 3.05) is 4.90 Å². The molecule has 0 unspecified atom stereocenters. The van der Waals surface area contributed by atoms with E-state index in [0.717, 1.165) is 71.4 Å². The highest BCUT2D eigenvalue weighted by molar-refractivity contribution is 5.96. The van der Waals surface area contributed by atoms with Gasteiger partial charge in [-0.2, -0.15) is 0 Å². The van der Waals surface area contributed by atoms with Gasteiger partial charge in [-0.25, -0.2) is 13.8 Å². The SMILES string of the molecule is CCCCC(=O)C1CC(n2c([C@@H]3CCC(=O)N3c3ccc(F)c(F)c3)nc3cc(-c4c(C)noc4C)ccc32)C1. The van der Waals surface area contributed by atoms with E-state index in [9.17, 15) is 18.4 Å². The van der Waals surface area contributed by atoms with Gasteiger partial charge in [0, 0.05) is 42.1 Å². The van der Waals surface area contributed by atoms with Crippen molar-refractivity contribution in [1.82, 2.24) is 14.7 Å². The minimum Gasteiger partial charge on any atom is -0.361 e. The number of rotatable bonds is 8. The largest absolute Gasteiger partial charge is 0.361 e. The van der Waals surface area contributed by atoms with Crippen molar-refractivity contribution in [3.8, 4) is 11.1 Å². The number of hydrogen-bond donors (Lipinski definition) is 0. The minimum absolute atomic E-state index is 0.0240. The molecule has 40 heavy (non-hydrogen) atoms. The number of unbranched alkanes of at least 4 members (excludes halogenated alkanes) is 1. The second kappa shape index (κ2) is 10.3. The zero-order valence-corrected chi connectivity index (χ0v) is 22.9. The van der Waals surface area contributed by atoms with Crippen molar-refractivity contribution in [2.24, 2.45) is 5.92 Å². The number of fused-ring (bicyclic) bond motifs is 1. The van der Waals surface area contributed by atoms with E-state index in [0.29, 0.717) is 30.1 Å². The summed E-state index contributed by atoms with van der Waals surface area (Å²) in [5.74, 6) is -0.367. The number of hydrogen-bond acceptors (Lipinski definition) is 5. The molecule has 4 aromatic rings. The molecule has 2 aromatic heterocycles. The Morgan fingerprint density at radius 1 is 1.10 bits per heavy atom. The molecule has 2 aliphatic rings. The molecule has 1 aliphatic heterocycles. The third kappa shape index (κ3) is 4.41. The summed E-state index contributed by atoms with van der Waals surface area (Å²) < 4.78 is 35.5. The van der Waals surface area contributed by atoms with Crippen LogP contribution in [-0.4, -0.2) is 26.4 Å². The van der Waals surface area contributed by atoms with Crippen LogP contribution in [0.2, 0.25) is 0 Å². The summed E-state index contributed by atoms with van der Waals surface area (Å²) in [6.45, 7) is 5.85. The van der Waals surface area contributed by atoms with Gasteiger partial charge in [0.1, 0.15) is 17.4 Å². The molecule has 0 N–H and O–H groups in total. The molecular weight excluding hydrogens is 514 g/mol. The molecule has 1 saturated carbocycles. The number of halogens is 2. The van der Waals surface area contributed by atoms with Crippen molar-refractivity contribution < 1.29 is 22.9 Å². The summed E-state index contributed by atoms with van der Waals surface area (Å²) in [7, 11) is 0. The average molecular weight is 547 g/mol. The molecule has 1 saturated heterocycles. The van der Waals surface area contributed by atoms with E-state index < -0.39 is 17.7 Å². The number of aromatic nitrogens is 3. The van der Waals surface area contributed by atoms with Crippen molar-refractivity contribution in [1.29, 1.82) is 0 Å². The van der Waals surface area contributed by atoms with E-state index in [1.165, 1.54) is 11.0 Å². The van der Waals surface area contributed by atoms with Gasteiger partial charge in [0.2, 0.25) is 5.91 Å². The van der Waals surface area contributed by atoms with Crippen LogP contribution in [0.25, 0.3) is 22.2 Å². The Labute approximate surface area is 231 Å².